The first-order valence-electron chi connectivity index (χ1n) is 4.94. The van der Waals surface area contributed by atoms with Crippen molar-refractivity contribution < 1.29 is 18.7 Å². The van der Waals surface area contributed by atoms with Gasteiger partial charge in [0.1, 0.15) is 13.1 Å². The Balaban J connectivity index is 3.31. The van der Waals surface area contributed by atoms with Crippen LogP contribution in [-0.4, -0.2) is 25.0 Å². The first-order valence-corrected chi connectivity index (χ1v) is 4.94. The number of hydrogen-bond donors (Lipinski definition) is 0. The molecule has 0 heterocycles. The highest BCUT2D eigenvalue weighted by atomic mass is 19.1. The van der Waals surface area contributed by atoms with Crippen molar-refractivity contribution in [3.63, 3.8) is 0 Å². The highest BCUT2D eigenvalue weighted by Crippen LogP contribution is 1.99. The minimum absolute atomic E-state index is 0.332. The van der Waals surface area contributed by atoms with Crippen LogP contribution < -0.4 is 0 Å². The fourth-order valence-electron chi connectivity index (χ4n) is 0.974. The van der Waals surface area contributed by atoms with Crippen LogP contribution in [0, 0.1) is 0 Å². The van der Waals surface area contributed by atoms with Crippen LogP contribution >= 0.6 is 0 Å². The fourth-order valence-corrected chi connectivity index (χ4v) is 0.974. The molecule has 0 spiro atoms. The van der Waals surface area contributed by atoms with Gasteiger partial charge < -0.3 is 4.74 Å². The van der Waals surface area contributed by atoms with Gasteiger partial charge in [0.2, 0.25) is 0 Å². The van der Waals surface area contributed by atoms with Gasteiger partial charge in [-0.15, -0.1) is 0 Å². The zero-order chi connectivity index (χ0) is 10.8. The molecule has 0 saturated heterocycles. The number of ether oxygens (including phenoxy) is 1. The molecule has 3 nitrogen and oxygen atoms in total. The number of rotatable bonds is 8. The average Bonchev–Trinajstić information content (AvgIpc) is 2.17. The molecule has 0 N–H and O–H groups in total. The van der Waals surface area contributed by atoms with E-state index < -0.39 is 24.8 Å². The topological polar surface area (TPSA) is 43.4 Å². The van der Waals surface area contributed by atoms with Gasteiger partial charge in [0.15, 0.2) is 5.78 Å². The van der Waals surface area contributed by atoms with Crippen molar-refractivity contribution in [1.29, 1.82) is 0 Å². The Labute approximate surface area is 83.6 Å². The van der Waals surface area contributed by atoms with Gasteiger partial charge in [-0.3, -0.25) is 9.59 Å². The van der Waals surface area contributed by atoms with Crippen LogP contribution in [0.25, 0.3) is 0 Å². The SMILES string of the molecule is CCCCCCOC(=O)CC(=O)CF. The van der Waals surface area contributed by atoms with Crippen molar-refractivity contribution in [2.24, 2.45) is 0 Å². The highest BCUT2D eigenvalue weighted by molar-refractivity contribution is 5.96. The maximum Gasteiger partial charge on any atom is 0.313 e. The smallest absolute Gasteiger partial charge is 0.313 e. The maximum atomic E-state index is 11.7. The van der Waals surface area contributed by atoms with Crippen LogP contribution in [0.3, 0.4) is 0 Å². The molecular weight excluding hydrogens is 187 g/mol. The van der Waals surface area contributed by atoms with E-state index in [1.165, 1.54) is 0 Å². The standard InChI is InChI=1S/C10H17FO3/c1-2-3-4-5-6-14-10(13)7-9(12)8-11/h2-8H2,1H3. The van der Waals surface area contributed by atoms with Crippen molar-refractivity contribution in [2.75, 3.05) is 13.3 Å². The van der Waals surface area contributed by atoms with E-state index >= 15 is 0 Å². The van der Waals surface area contributed by atoms with Gasteiger partial charge in [0.05, 0.1) is 6.61 Å². The van der Waals surface area contributed by atoms with Crippen molar-refractivity contribution in [3.05, 3.63) is 0 Å². The summed E-state index contributed by atoms with van der Waals surface area (Å²) in [6.07, 6.45) is 3.61. The second kappa shape index (κ2) is 8.66. The molecule has 0 aliphatic heterocycles. The quantitative estimate of drug-likeness (QED) is 0.345. The monoisotopic (exact) mass is 204 g/mol. The Morgan fingerprint density at radius 2 is 1.93 bits per heavy atom. The minimum atomic E-state index is -1.09. The van der Waals surface area contributed by atoms with Gasteiger partial charge in [0, 0.05) is 0 Å². The molecule has 0 aliphatic carbocycles. The van der Waals surface area contributed by atoms with Gasteiger partial charge in [-0.25, -0.2) is 4.39 Å². The third-order valence-corrected chi connectivity index (χ3v) is 1.75. The predicted octanol–water partition coefficient (Wildman–Crippen LogP) is 2.04. The third-order valence-electron chi connectivity index (χ3n) is 1.75. The molecule has 0 aromatic rings. The number of alkyl halides is 1. The number of ketones is 1. The van der Waals surface area contributed by atoms with Crippen molar-refractivity contribution in [1.82, 2.24) is 0 Å². The van der Waals surface area contributed by atoms with Gasteiger partial charge in [-0.2, -0.15) is 0 Å². The molecule has 0 aliphatic rings. The Kier molecular flexibility index (Phi) is 8.08. The largest absolute Gasteiger partial charge is 0.465 e. The Bertz CT molecular complexity index is 180. The number of esters is 1. The third kappa shape index (κ3) is 7.71. The number of halogens is 1. The lowest BCUT2D eigenvalue weighted by Crippen LogP contribution is -2.13. The number of unbranched alkanes of at least 4 members (excludes halogenated alkanes) is 3. The molecule has 0 bridgehead atoms. The molecule has 0 atom stereocenters. The Hall–Kier alpha value is -0.930. The van der Waals surface area contributed by atoms with Gasteiger partial charge in [-0.1, -0.05) is 26.2 Å². The lowest BCUT2D eigenvalue weighted by atomic mass is 10.2. The Morgan fingerprint density at radius 3 is 2.50 bits per heavy atom. The zero-order valence-electron chi connectivity index (χ0n) is 8.55. The first kappa shape index (κ1) is 13.1. The average molecular weight is 204 g/mol. The second-order valence-electron chi connectivity index (χ2n) is 3.13. The van der Waals surface area contributed by atoms with E-state index in [1.54, 1.807) is 0 Å². The predicted molar refractivity (Wildman–Crippen MR) is 50.7 cm³/mol. The van der Waals surface area contributed by atoms with Gasteiger partial charge in [-0.05, 0) is 6.42 Å². The number of carbonyl (C=O) groups excluding carboxylic acids is 2. The molecule has 0 aromatic heterocycles. The molecule has 14 heavy (non-hydrogen) atoms. The summed E-state index contributed by atoms with van der Waals surface area (Å²) >= 11 is 0. The molecule has 4 heteroatoms. The lowest BCUT2D eigenvalue weighted by molar-refractivity contribution is -0.146. The van der Waals surface area contributed by atoms with E-state index in [0.717, 1.165) is 25.7 Å². The van der Waals surface area contributed by atoms with Gasteiger partial charge in [0.25, 0.3) is 0 Å². The van der Waals surface area contributed by atoms with Crippen LogP contribution in [0.5, 0.6) is 0 Å². The van der Waals surface area contributed by atoms with Gasteiger partial charge >= 0.3 is 5.97 Å². The van der Waals surface area contributed by atoms with Crippen LogP contribution in [0.4, 0.5) is 4.39 Å². The van der Waals surface area contributed by atoms with E-state index in [0.29, 0.717) is 6.61 Å². The fraction of sp³-hybridized carbons (Fsp3) is 0.800. The first-order chi connectivity index (χ1) is 6.70. The normalized spacial score (nSPS) is 9.86. The van der Waals surface area contributed by atoms with E-state index in [9.17, 15) is 14.0 Å². The number of carbonyl (C=O) groups is 2. The lowest BCUT2D eigenvalue weighted by Gasteiger charge is -2.02. The van der Waals surface area contributed by atoms with E-state index in [2.05, 4.69) is 6.92 Å². The van der Waals surface area contributed by atoms with Crippen molar-refractivity contribution >= 4 is 11.8 Å². The summed E-state index contributed by atoms with van der Waals surface area (Å²) in [6, 6.07) is 0. The molecule has 0 amide bonds. The van der Waals surface area contributed by atoms with E-state index in [4.69, 9.17) is 4.74 Å². The van der Waals surface area contributed by atoms with E-state index in [1.807, 2.05) is 0 Å². The molecular formula is C10H17FO3. The van der Waals surface area contributed by atoms with Crippen LogP contribution in [-0.2, 0) is 14.3 Å². The molecule has 0 unspecified atom stereocenters. The minimum Gasteiger partial charge on any atom is -0.465 e. The summed E-state index contributed by atoms with van der Waals surface area (Å²) in [5, 5.41) is 0. The van der Waals surface area contributed by atoms with Crippen molar-refractivity contribution in [2.45, 2.75) is 39.0 Å². The maximum absolute atomic E-state index is 11.7. The summed E-state index contributed by atoms with van der Waals surface area (Å²) in [4.78, 5) is 21.3. The molecule has 82 valence electrons. The van der Waals surface area contributed by atoms with Crippen molar-refractivity contribution in [3.8, 4) is 0 Å². The zero-order valence-corrected chi connectivity index (χ0v) is 8.55. The Morgan fingerprint density at radius 1 is 1.21 bits per heavy atom. The second-order valence-corrected chi connectivity index (χ2v) is 3.13. The summed E-state index contributed by atoms with van der Waals surface area (Å²) in [7, 11) is 0. The summed E-state index contributed by atoms with van der Waals surface area (Å²) in [5.41, 5.74) is 0. The van der Waals surface area contributed by atoms with Crippen LogP contribution in [0.1, 0.15) is 39.0 Å². The number of Topliss-reactive ketones (excluding diaryl/α,β-unsaturated/α-hetero) is 1. The highest BCUT2D eigenvalue weighted by Gasteiger charge is 2.09. The molecule has 0 radical (unpaired) electrons. The molecule has 0 aromatic carbocycles. The van der Waals surface area contributed by atoms with Crippen LogP contribution in [0.15, 0.2) is 0 Å². The van der Waals surface area contributed by atoms with Crippen LogP contribution in [0.2, 0.25) is 0 Å². The summed E-state index contributed by atoms with van der Waals surface area (Å²) in [5.74, 6) is -1.34. The molecule has 0 fully saturated rings. The molecule has 0 saturated carbocycles. The van der Waals surface area contributed by atoms with E-state index in [-0.39, 0.29) is 0 Å². The summed E-state index contributed by atoms with van der Waals surface area (Å²) < 4.78 is 16.4. The molecule has 0 rings (SSSR count). The summed E-state index contributed by atoms with van der Waals surface area (Å²) in [6.45, 7) is 1.33. The number of hydrogen-bond acceptors (Lipinski definition) is 3.